The molecule has 0 N–H and O–H groups in total. The zero-order valence-corrected chi connectivity index (χ0v) is 26.0. The molecule has 0 bridgehead atoms. The first-order valence-electron chi connectivity index (χ1n) is 14.7. The molecular formula is C31H43N5O6. The second-order valence-corrected chi connectivity index (χ2v) is 13.1. The van der Waals surface area contributed by atoms with E-state index in [1.54, 1.807) is 11.1 Å². The van der Waals surface area contributed by atoms with Crippen LogP contribution in [0.5, 0.6) is 5.75 Å². The number of aromatic nitrogens is 2. The number of fused-ring (bicyclic) bond motifs is 2. The summed E-state index contributed by atoms with van der Waals surface area (Å²) in [4.78, 5) is 41.9. The van der Waals surface area contributed by atoms with Gasteiger partial charge in [0.15, 0.2) is 11.6 Å². The van der Waals surface area contributed by atoms with Crippen LogP contribution in [-0.2, 0) is 14.2 Å². The van der Waals surface area contributed by atoms with Crippen LogP contribution in [0.25, 0.3) is 0 Å². The van der Waals surface area contributed by atoms with Crippen LogP contribution in [0, 0.1) is 6.92 Å². The van der Waals surface area contributed by atoms with Gasteiger partial charge in [-0.15, -0.1) is 0 Å². The van der Waals surface area contributed by atoms with E-state index < -0.39 is 23.4 Å². The first-order chi connectivity index (χ1) is 19.7. The molecule has 5 heterocycles. The maximum Gasteiger partial charge on any atom is 0.420 e. The van der Waals surface area contributed by atoms with Crippen LogP contribution in [0.1, 0.15) is 83.9 Å². The number of likely N-dealkylation sites (tertiary alicyclic amines) is 1. The molecule has 2 saturated heterocycles. The van der Waals surface area contributed by atoms with Crippen molar-refractivity contribution in [1.82, 2.24) is 14.9 Å². The normalized spacial score (nSPS) is 20.8. The van der Waals surface area contributed by atoms with Crippen molar-refractivity contribution in [2.75, 3.05) is 49.2 Å². The third-order valence-electron chi connectivity index (χ3n) is 7.43. The highest BCUT2D eigenvalue weighted by atomic mass is 16.6. The summed E-state index contributed by atoms with van der Waals surface area (Å²) < 4.78 is 23.7. The second-order valence-electron chi connectivity index (χ2n) is 13.1. The highest BCUT2D eigenvalue weighted by Gasteiger charge is 2.39. The maximum atomic E-state index is 14.0. The molecule has 2 atom stereocenters. The van der Waals surface area contributed by atoms with Gasteiger partial charge in [0.25, 0.3) is 0 Å². The minimum atomic E-state index is -0.734. The van der Waals surface area contributed by atoms with Crippen molar-refractivity contribution in [2.24, 2.45) is 0 Å². The Balaban J connectivity index is 1.58. The maximum absolute atomic E-state index is 14.0. The van der Waals surface area contributed by atoms with Gasteiger partial charge in [-0.05, 0) is 73.9 Å². The topological polar surface area (TPSA) is 107 Å². The summed E-state index contributed by atoms with van der Waals surface area (Å²) in [5.41, 5.74) is 2.40. The number of amides is 2. The van der Waals surface area contributed by atoms with Crippen LogP contribution in [0.4, 0.5) is 26.8 Å². The fraction of sp³-hybridized carbons (Fsp3) is 0.613. The van der Waals surface area contributed by atoms with E-state index in [1.165, 1.54) is 4.90 Å². The summed E-state index contributed by atoms with van der Waals surface area (Å²) in [6.45, 7) is 18.7. The van der Waals surface area contributed by atoms with Gasteiger partial charge in [-0.2, -0.15) is 0 Å². The molecule has 5 rings (SSSR count). The van der Waals surface area contributed by atoms with E-state index >= 15 is 0 Å². The van der Waals surface area contributed by atoms with Crippen LogP contribution in [0.15, 0.2) is 18.3 Å². The van der Waals surface area contributed by atoms with Crippen LogP contribution in [0.3, 0.4) is 0 Å². The fourth-order valence-corrected chi connectivity index (χ4v) is 5.63. The summed E-state index contributed by atoms with van der Waals surface area (Å²) in [7, 11) is 0. The highest BCUT2D eigenvalue weighted by molar-refractivity contribution is 5.99. The Morgan fingerprint density at radius 3 is 2.31 bits per heavy atom. The van der Waals surface area contributed by atoms with Gasteiger partial charge in [0.2, 0.25) is 0 Å². The lowest BCUT2D eigenvalue weighted by Gasteiger charge is -2.33. The third-order valence-corrected chi connectivity index (χ3v) is 7.43. The molecule has 2 aromatic heterocycles. The predicted molar refractivity (Wildman–Crippen MR) is 159 cm³/mol. The number of pyridine rings is 2. The lowest BCUT2D eigenvalue weighted by atomic mass is 10.0. The minimum Gasteiger partial charge on any atom is -0.482 e. The summed E-state index contributed by atoms with van der Waals surface area (Å²) in [6.07, 6.45) is 1.15. The summed E-state index contributed by atoms with van der Waals surface area (Å²) in [6, 6.07) is 3.86. The van der Waals surface area contributed by atoms with E-state index in [0.29, 0.717) is 49.3 Å². The average Bonchev–Trinajstić information content (AvgIpc) is 3.35. The molecule has 11 nitrogen and oxygen atoms in total. The highest BCUT2D eigenvalue weighted by Crippen LogP contribution is 2.48. The number of morpholine rings is 1. The zero-order valence-electron chi connectivity index (χ0n) is 26.0. The van der Waals surface area contributed by atoms with Crippen molar-refractivity contribution in [1.29, 1.82) is 0 Å². The Kier molecular flexibility index (Phi) is 8.00. The molecule has 11 heteroatoms. The molecule has 3 aliphatic rings. The van der Waals surface area contributed by atoms with Crippen molar-refractivity contribution in [3.8, 4) is 5.75 Å². The first-order valence-corrected chi connectivity index (χ1v) is 14.7. The molecule has 0 aliphatic carbocycles. The third kappa shape index (κ3) is 6.25. The van der Waals surface area contributed by atoms with Gasteiger partial charge < -0.3 is 28.7 Å². The Bertz CT molecular complexity index is 1340. The Morgan fingerprint density at radius 2 is 1.64 bits per heavy atom. The average molecular weight is 582 g/mol. The molecule has 0 saturated carbocycles. The number of ether oxygens (including phenoxy) is 4. The number of carbonyl (C=O) groups excluding carboxylic acids is 2. The van der Waals surface area contributed by atoms with E-state index in [9.17, 15) is 9.59 Å². The molecular weight excluding hydrogens is 538 g/mol. The number of carbonyl (C=O) groups is 2. The number of nitrogens with zero attached hydrogens (tertiary/aromatic N) is 5. The number of anilines is 3. The monoisotopic (exact) mass is 581 g/mol. The van der Waals surface area contributed by atoms with Crippen molar-refractivity contribution in [3.05, 3.63) is 35.3 Å². The van der Waals surface area contributed by atoms with Crippen LogP contribution in [0.2, 0.25) is 0 Å². The molecule has 2 aromatic rings. The lowest BCUT2D eigenvalue weighted by Crippen LogP contribution is -2.38. The van der Waals surface area contributed by atoms with Gasteiger partial charge in [0, 0.05) is 49.7 Å². The van der Waals surface area contributed by atoms with E-state index in [1.807, 2.05) is 67.5 Å². The van der Waals surface area contributed by atoms with E-state index in [-0.39, 0.29) is 12.0 Å². The smallest absolute Gasteiger partial charge is 0.420 e. The zero-order chi connectivity index (χ0) is 30.4. The molecule has 0 radical (unpaired) electrons. The second kappa shape index (κ2) is 11.2. The fourth-order valence-electron chi connectivity index (χ4n) is 5.63. The van der Waals surface area contributed by atoms with Gasteiger partial charge in [-0.25, -0.2) is 19.5 Å². The van der Waals surface area contributed by atoms with E-state index in [4.69, 9.17) is 28.9 Å². The molecule has 2 unspecified atom stereocenters. The Hall–Kier alpha value is -3.60. The number of hydrogen-bond acceptors (Lipinski definition) is 9. The van der Waals surface area contributed by atoms with Gasteiger partial charge >= 0.3 is 12.2 Å². The predicted octanol–water partition coefficient (Wildman–Crippen LogP) is 5.87. The van der Waals surface area contributed by atoms with Crippen molar-refractivity contribution in [2.45, 2.75) is 85.0 Å². The van der Waals surface area contributed by atoms with Crippen LogP contribution < -0.4 is 14.5 Å². The molecule has 3 aliphatic heterocycles. The van der Waals surface area contributed by atoms with Crippen molar-refractivity contribution in [3.63, 3.8) is 0 Å². The number of rotatable bonds is 2. The molecule has 228 valence electrons. The number of hydrogen-bond donors (Lipinski definition) is 0. The summed E-state index contributed by atoms with van der Waals surface area (Å²) in [5.74, 6) is 0.942. The Labute approximate surface area is 248 Å². The Morgan fingerprint density at radius 1 is 0.976 bits per heavy atom. The largest absolute Gasteiger partial charge is 0.482 e. The van der Waals surface area contributed by atoms with Crippen molar-refractivity contribution >= 4 is 29.4 Å². The minimum absolute atomic E-state index is 0.0326. The van der Waals surface area contributed by atoms with E-state index in [0.717, 1.165) is 36.5 Å². The number of aryl methyl sites for hydroxylation is 1. The van der Waals surface area contributed by atoms with Gasteiger partial charge in [-0.1, -0.05) is 0 Å². The first kappa shape index (κ1) is 29.9. The summed E-state index contributed by atoms with van der Waals surface area (Å²) >= 11 is 0. The molecule has 42 heavy (non-hydrogen) atoms. The molecule has 0 aromatic carbocycles. The molecule has 2 amide bonds. The van der Waals surface area contributed by atoms with Gasteiger partial charge in [0.1, 0.15) is 17.3 Å². The van der Waals surface area contributed by atoms with Crippen molar-refractivity contribution < 1.29 is 28.5 Å². The van der Waals surface area contributed by atoms with Crippen LogP contribution in [-0.4, -0.2) is 77.6 Å². The van der Waals surface area contributed by atoms with Gasteiger partial charge in [-0.3, -0.25) is 4.98 Å². The summed E-state index contributed by atoms with van der Waals surface area (Å²) in [5, 5.41) is 0. The van der Waals surface area contributed by atoms with Crippen LogP contribution >= 0.6 is 0 Å². The quantitative estimate of drug-likeness (QED) is 0.430. The molecule has 0 spiro atoms. The standard InChI is InChI=1S/C31H43N5O6/c1-19-26-24(17-22(33-19)21-10-12-35(18-21)28(37)41-30(3,4)5)36(29(38)42-31(6,7)8)27-25(20(2)40-26)23(9-11-32-27)34-13-15-39-16-14-34/h9,11,17,20-21H,10,12-16,18H2,1-8H3. The lowest BCUT2D eigenvalue weighted by molar-refractivity contribution is 0.0292. The van der Waals surface area contributed by atoms with E-state index in [2.05, 4.69) is 4.90 Å². The molecule has 2 fully saturated rings. The SMILES string of the molecule is Cc1nc(C2CCN(C(=O)OC(C)(C)C)C2)cc2c1OC(C)c1c(N3CCOCC3)ccnc1N2C(=O)OC(C)(C)C. The van der Waals surface area contributed by atoms with Gasteiger partial charge in [0.05, 0.1) is 30.2 Å².